The van der Waals surface area contributed by atoms with Crippen LogP contribution in [0.1, 0.15) is 60.2 Å². The van der Waals surface area contributed by atoms with Gasteiger partial charge in [0.2, 0.25) is 0 Å². The first-order chi connectivity index (χ1) is 13.1. The van der Waals surface area contributed by atoms with Crippen molar-refractivity contribution >= 4 is 6.03 Å². The first-order valence-electron chi connectivity index (χ1n) is 9.92. The Morgan fingerprint density at radius 2 is 2.04 bits per heavy atom. The number of likely N-dealkylation sites (tertiary alicyclic amines) is 1. The monoisotopic (exact) mass is 367 g/mol. The zero-order valence-electron chi connectivity index (χ0n) is 16.2. The van der Waals surface area contributed by atoms with E-state index in [0.29, 0.717) is 12.5 Å². The van der Waals surface area contributed by atoms with Gasteiger partial charge in [-0.05, 0) is 57.0 Å². The Labute approximate surface area is 160 Å². The summed E-state index contributed by atoms with van der Waals surface area (Å²) >= 11 is 0. The van der Waals surface area contributed by atoms with E-state index in [4.69, 9.17) is 0 Å². The predicted octanol–water partition coefficient (Wildman–Crippen LogP) is 3.40. The number of benzene rings is 1. The Bertz CT molecular complexity index is 778. The first kappa shape index (κ1) is 18.0. The van der Waals surface area contributed by atoms with E-state index in [9.17, 15) is 4.79 Å². The van der Waals surface area contributed by atoms with Crippen molar-refractivity contribution in [3.05, 3.63) is 52.8 Å². The Morgan fingerprint density at radius 1 is 1.26 bits per heavy atom. The van der Waals surface area contributed by atoms with E-state index in [2.05, 4.69) is 64.8 Å². The van der Waals surface area contributed by atoms with Crippen molar-refractivity contribution in [2.75, 3.05) is 20.6 Å². The molecule has 4 rings (SSSR count). The molecule has 27 heavy (non-hydrogen) atoms. The highest BCUT2D eigenvalue weighted by Gasteiger charge is 2.30. The number of hydrogen-bond acceptors (Lipinski definition) is 3. The Kier molecular flexibility index (Phi) is 5.16. The maximum atomic E-state index is 12.7. The number of aromatic nitrogens is 2. The third-order valence-corrected chi connectivity index (χ3v) is 5.45. The van der Waals surface area contributed by atoms with Gasteiger partial charge in [0.25, 0.3) is 0 Å². The molecule has 1 aliphatic carbocycles. The fourth-order valence-corrected chi connectivity index (χ4v) is 3.90. The van der Waals surface area contributed by atoms with Crippen molar-refractivity contribution < 1.29 is 4.79 Å². The molecule has 0 bridgehead atoms. The number of carbonyl (C=O) groups is 1. The summed E-state index contributed by atoms with van der Waals surface area (Å²) in [6.07, 6.45) is 4.54. The van der Waals surface area contributed by atoms with Gasteiger partial charge in [-0.2, -0.15) is 5.10 Å². The Balaban J connectivity index is 1.35. The normalized spacial score (nSPS) is 19.7. The molecule has 0 spiro atoms. The number of hydrogen-bond donors (Lipinski definition) is 2. The van der Waals surface area contributed by atoms with Crippen molar-refractivity contribution in [2.24, 2.45) is 0 Å². The molecule has 1 atom stereocenters. The fraction of sp³-hybridized carbons (Fsp3) is 0.524. The van der Waals surface area contributed by atoms with Crippen molar-refractivity contribution in [3.63, 3.8) is 0 Å². The number of rotatable bonds is 6. The summed E-state index contributed by atoms with van der Waals surface area (Å²) in [5.41, 5.74) is 4.64. The fourth-order valence-electron chi connectivity index (χ4n) is 3.90. The minimum absolute atomic E-state index is 0.0115. The van der Waals surface area contributed by atoms with Gasteiger partial charge in [0.15, 0.2) is 0 Å². The minimum atomic E-state index is 0.0115. The second kappa shape index (κ2) is 7.72. The molecule has 2 aromatic rings. The number of amides is 2. The average Bonchev–Trinajstić information content (AvgIpc) is 3.19. The van der Waals surface area contributed by atoms with Gasteiger partial charge >= 0.3 is 6.03 Å². The van der Waals surface area contributed by atoms with E-state index in [1.807, 2.05) is 4.90 Å². The van der Waals surface area contributed by atoms with Crippen LogP contribution in [0.2, 0.25) is 0 Å². The molecular weight excluding hydrogens is 338 g/mol. The van der Waals surface area contributed by atoms with Crippen LogP contribution in [0.15, 0.2) is 30.3 Å². The van der Waals surface area contributed by atoms with Crippen molar-refractivity contribution in [1.82, 2.24) is 25.3 Å². The molecule has 1 aromatic heterocycles. The zero-order chi connectivity index (χ0) is 18.8. The number of urea groups is 1. The van der Waals surface area contributed by atoms with Crippen LogP contribution in [0.4, 0.5) is 4.79 Å². The van der Waals surface area contributed by atoms with Gasteiger partial charge in [-0.25, -0.2) is 4.79 Å². The Morgan fingerprint density at radius 3 is 2.74 bits per heavy atom. The molecule has 2 amide bonds. The molecule has 2 aliphatic rings. The summed E-state index contributed by atoms with van der Waals surface area (Å²) in [6, 6.07) is 11.0. The molecular formula is C21H29N5O. The van der Waals surface area contributed by atoms with Crippen LogP contribution >= 0.6 is 0 Å². The molecule has 2 fully saturated rings. The van der Waals surface area contributed by atoms with Gasteiger partial charge in [0.1, 0.15) is 0 Å². The second-order valence-corrected chi connectivity index (χ2v) is 8.08. The van der Waals surface area contributed by atoms with E-state index in [1.54, 1.807) is 0 Å². The second-order valence-electron chi connectivity index (χ2n) is 8.08. The number of aromatic amines is 1. The van der Waals surface area contributed by atoms with Crippen LogP contribution in [0.3, 0.4) is 0 Å². The number of carbonyl (C=O) groups excluding carboxylic acids is 1. The molecule has 1 saturated heterocycles. The standard InChI is InChI=1S/C21H29N5O/c1-25(2)14-15-5-7-17(8-6-15)20-4-3-11-26(20)21(27)22-13-18-12-19(24-23-18)16-9-10-16/h5-8,12,16,20H,3-4,9-11,13-14H2,1-2H3,(H,22,27)(H,23,24)/t20-/m1/s1. The van der Waals surface area contributed by atoms with Crippen LogP contribution in [0.5, 0.6) is 0 Å². The summed E-state index contributed by atoms with van der Waals surface area (Å²) in [4.78, 5) is 16.9. The summed E-state index contributed by atoms with van der Waals surface area (Å²) < 4.78 is 0. The molecule has 1 aliphatic heterocycles. The van der Waals surface area contributed by atoms with Crippen LogP contribution in [0.25, 0.3) is 0 Å². The van der Waals surface area contributed by atoms with Crippen molar-refractivity contribution in [3.8, 4) is 0 Å². The number of nitrogens with one attached hydrogen (secondary N) is 2. The average molecular weight is 367 g/mol. The SMILES string of the molecule is CN(C)Cc1ccc([C@H]2CCCN2C(=O)NCc2cc(C3CC3)n[nH]2)cc1. The molecule has 0 unspecified atom stereocenters. The van der Waals surface area contributed by atoms with Crippen molar-refractivity contribution in [2.45, 2.75) is 50.7 Å². The summed E-state index contributed by atoms with van der Waals surface area (Å²) in [6.45, 7) is 2.25. The van der Waals surface area contributed by atoms with Crippen LogP contribution < -0.4 is 5.32 Å². The van der Waals surface area contributed by atoms with Gasteiger partial charge in [0.05, 0.1) is 24.0 Å². The summed E-state index contributed by atoms with van der Waals surface area (Å²) in [7, 11) is 4.15. The maximum absolute atomic E-state index is 12.7. The molecule has 2 N–H and O–H groups in total. The lowest BCUT2D eigenvalue weighted by atomic mass is 10.0. The molecule has 1 saturated carbocycles. The molecule has 1 aromatic carbocycles. The number of H-pyrrole nitrogens is 1. The zero-order valence-corrected chi connectivity index (χ0v) is 16.2. The smallest absolute Gasteiger partial charge is 0.318 e. The first-order valence-corrected chi connectivity index (χ1v) is 9.92. The van der Waals surface area contributed by atoms with Crippen molar-refractivity contribution in [1.29, 1.82) is 0 Å². The maximum Gasteiger partial charge on any atom is 0.318 e. The van der Waals surface area contributed by atoms with Gasteiger partial charge in [-0.1, -0.05) is 24.3 Å². The summed E-state index contributed by atoms with van der Waals surface area (Å²) in [5, 5.41) is 10.5. The number of nitrogens with zero attached hydrogens (tertiary/aromatic N) is 3. The highest BCUT2D eigenvalue weighted by molar-refractivity contribution is 5.75. The Hall–Kier alpha value is -2.34. The third kappa shape index (κ3) is 4.33. The van der Waals surface area contributed by atoms with Gasteiger partial charge < -0.3 is 15.1 Å². The van der Waals surface area contributed by atoms with E-state index >= 15 is 0 Å². The molecule has 2 heterocycles. The minimum Gasteiger partial charge on any atom is -0.332 e. The largest absolute Gasteiger partial charge is 0.332 e. The molecule has 6 nitrogen and oxygen atoms in total. The predicted molar refractivity (Wildman–Crippen MR) is 105 cm³/mol. The van der Waals surface area contributed by atoms with Crippen LogP contribution in [-0.2, 0) is 13.1 Å². The quantitative estimate of drug-likeness (QED) is 0.822. The molecule has 6 heteroatoms. The lowest BCUT2D eigenvalue weighted by Crippen LogP contribution is -2.39. The summed E-state index contributed by atoms with van der Waals surface area (Å²) in [5.74, 6) is 0.629. The lowest BCUT2D eigenvalue weighted by molar-refractivity contribution is 0.192. The highest BCUT2D eigenvalue weighted by Crippen LogP contribution is 2.39. The highest BCUT2D eigenvalue weighted by atomic mass is 16.2. The topological polar surface area (TPSA) is 64.3 Å². The van der Waals surface area contributed by atoms with E-state index in [1.165, 1.54) is 24.0 Å². The van der Waals surface area contributed by atoms with Crippen LogP contribution in [0, 0.1) is 0 Å². The van der Waals surface area contributed by atoms with Crippen LogP contribution in [-0.4, -0.2) is 46.7 Å². The van der Waals surface area contributed by atoms with Gasteiger partial charge in [0, 0.05) is 19.0 Å². The molecule has 0 radical (unpaired) electrons. The molecule has 144 valence electrons. The third-order valence-electron chi connectivity index (χ3n) is 5.45. The lowest BCUT2D eigenvalue weighted by Gasteiger charge is -2.25. The van der Waals surface area contributed by atoms with Gasteiger partial charge in [-0.3, -0.25) is 5.10 Å². The van der Waals surface area contributed by atoms with E-state index in [0.717, 1.165) is 37.3 Å². The van der Waals surface area contributed by atoms with E-state index < -0.39 is 0 Å². The van der Waals surface area contributed by atoms with Gasteiger partial charge in [-0.15, -0.1) is 0 Å². The van der Waals surface area contributed by atoms with E-state index in [-0.39, 0.29) is 12.1 Å².